The molecule has 0 radical (unpaired) electrons. The monoisotopic (exact) mass is 785 g/mol. The predicted molar refractivity (Wildman–Crippen MR) is 247 cm³/mol. The summed E-state index contributed by atoms with van der Waals surface area (Å²) in [7, 11) is 0. The third-order valence-corrected chi connectivity index (χ3v) is 11.9. The number of fused-ring (bicyclic) bond motifs is 6. The maximum atomic E-state index is 6.68. The van der Waals surface area contributed by atoms with Gasteiger partial charge in [-0.15, -0.1) is 0 Å². The summed E-state index contributed by atoms with van der Waals surface area (Å²) in [5.41, 5.74) is 13.5. The first-order valence-electron chi connectivity index (χ1n) is 20.6. The average molecular weight is 786 g/mol. The van der Waals surface area contributed by atoms with Gasteiger partial charge in [-0.1, -0.05) is 133 Å². The van der Waals surface area contributed by atoms with Crippen molar-refractivity contribution in [1.82, 2.24) is 0 Å². The molecule has 288 valence electrons. The number of rotatable bonds is 7. The van der Waals surface area contributed by atoms with Gasteiger partial charge in [-0.25, -0.2) is 0 Å². The number of ether oxygens (including phenoxy) is 2. The minimum absolute atomic E-state index is 0.0905. The van der Waals surface area contributed by atoms with Crippen molar-refractivity contribution in [2.75, 3.05) is 4.90 Å². The molecule has 61 heavy (non-hydrogen) atoms. The number of nitrogens with zero attached hydrogens (tertiary/aromatic N) is 1. The molecule has 0 spiro atoms. The minimum atomic E-state index is -0.0905. The Balaban J connectivity index is 1.05. The van der Waals surface area contributed by atoms with Gasteiger partial charge < -0.3 is 23.4 Å². The second-order valence-electron chi connectivity index (χ2n) is 15.6. The van der Waals surface area contributed by atoms with E-state index in [2.05, 4.69) is 163 Å². The molecule has 0 N–H and O–H groups in total. The summed E-state index contributed by atoms with van der Waals surface area (Å²) in [5.74, 6) is 3.54. The lowest BCUT2D eigenvalue weighted by atomic mass is 9.58. The van der Waals surface area contributed by atoms with Crippen molar-refractivity contribution in [3.63, 3.8) is 0 Å². The van der Waals surface area contributed by atoms with Crippen LogP contribution in [0.15, 0.2) is 211 Å². The number of benzene rings is 9. The van der Waals surface area contributed by atoms with E-state index >= 15 is 0 Å². The van der Waals surface area contributed by atoms with Crippen molar-refractivity contribution in [3.05, 3.63) is 212 Å². The average Bonchev–Trinajstić information content (AvgIpc) is 3.94. The van der Waals surface area contributed by atoms with Crippen LogP contribution in [0.25, 0.3) is 55.3 Å². The van der Waals surface area contributed by atoms with Gasteiger partial charge in [-0.3, -0.25) is 0 Å². The number of para-hydroxylation sites is 3. The maximum absolute atomic E-state index is 6.68. The summed E-state index contributed by atoms with van der Waals surface area (Å²) in [6.45, 7) is -0.0905. The highest BCUT2D eigenvalue weighted by Gasteiger charge is 2.34. The Morgan fingerprint density at radius 1 is 0.393 bits per heavy atom. The molecule has 0 atom stereocenters. The van der Waals surface area contributed by atoms with Gasteiger partial charge in [-0.2, -0.15) is 0 Å². The minimum Gasteiger partial charge on any atom is -0.555 e. The molecular weight excluding hydrogens is 749 g/mol. The summed E-state index contributed by atoms with van der Waals surface area (Å²) < 4.78 is 26.3. The SMILES string of the molecule is c1ccc(B2Cc3c(cccc3-c3cc4c(cc3N(c3ccc(-c5ccccc5)cc3)c3cccc(-c5ccc6c(c5)oc5ccccc56)c3)Oc3ccccc3O4)O2)cc1. The molecule has 6 heteroatoms. The van der Waals surface area contributed by atoms with E-state index < -0.39 is 0 Å². The van der Waals surface area contributed by atoms with Gasteiger partial charge >= 0.3 is 6.92 Å². The number of hydrogen-bond acceptors (Lipinski definition) is 5. The molecule has 3 heterocycles. The maximum Gasteiger partial charge on any atom is 0.396 e. The third kappa shape index (κ3) is 6.20. The van der Waals surface area contributed by atoms with Crippen LogP contribution in [0.1, 0.15) is 5.56 Å². The van der Waals surface area contributed by atoms with E-state index in [1.165, 1.54) is 0 Å². The first-order chi connectivity index (χ1) is 30.2. The molecule has 1 aromatic heterocycles. The summed E-state index contributed by atoms with van der Waals surface area (Å²) in [6.07, 6.45) is 0.734. The summed E-state index contributed by atoms with van der Waals surface area (Å²) in [4.78, 5) is 2.33. The molecule has 0 bridgehead atoms. The second-order valence-corrected chi connectivity index (χ2v) is 15.6. The van der Waals surface area contributed by atoms with E-state index in [1.54, 1.807) is 0 Å². The van der Waals surface area contributed by atoms with Crippen molar-refractivity contribution in [2.45, 2.75) is 6.32 Å². The molecule has 10 aromatic rings. The fourth-order valence-corrected chi connectivity index (χ4v) is 8.93. The first-order valence-corrected chi connectivity index (χ1v) is 20.6. The summed E-state index contributed by atoms with van der Waals surface area (Å²) in [6, 6.07) is 71.7. The Labute approximate surface area is 353 Å². The van der Waals surface area contributed by atoms with Crippen molar-refractivity contribution >= 4 is 51.4 Å². The van der Waals surface area contributed by atoms with Gasteiger partial charge in [0.25, 0.3) is 0 Å². The fourth-order valence-electron chi connectivity index (χ4n) is 8.93. The van der Waals surface area contributed by atoms with Gasteiger partial charge in [0.2, 0.25) is 0 Å². The van der Waals surface area contributed by atoms with Gasteiger partial charge in [0.1, 0.15) is 16.9 Å². The molecule has 12 rings (SSSR count). The zero-order valence-corrected chi connectivity index (χ0v) is 33.0. The van der Waals surface area contributed by atoms with Crippen LogP contribution in [0.4, 0.5) is 17.1 Å². The van der Waals surface area contributed by atoms with Crippen LogP contribution < -0.4 is 24.5 Å². The standard InChI is InChI=1S/C55H36BNO4/c1-3-13-36(14-4-1)37-25-28-41(29-26-37)57(42-18-11-15-38(31-42)39-27-30-45-44-19-7-8-21-49(44)58-53(45)32-39)48-34-55-54(59-51-22-9-10-23-52(51)60-55)33-46(48)43-20-12-24-50-47(43)35-56(61-50)40-16-5-2-6-17-40/h1-34H,35H2. The Kier molecular flexibility index (Phi) is 8.27. The molecule has 5 nitrogen and oxygen atoms in total. The molecule has 0 unspecified atom stereocenters. The lowest BCUT2D eigenvalue weighted by molar-refractivity contribution is 0.360. The molecule has 2 aliphatic heterocycles. The van der Waals surface area contributed by atoms with Gasteiger partial charge in [0, 0.05) is 33.8 Å². The van der Waals surface area contributed by atoms with Crippen molar-refractivity contribution in [2.24, 2.45) is 0 Å². The molecule has 9 aromatic carbocycles. The van der Waals surface area contributed by atoms with Gasteiger partial charge in [-0.05, 0) is 112 Å². The Morgan fingerprint density at radius 2 is 1.02 bits per heavy atom. The van der Waals surface area contributed by atoms with E-state index in [0.717, 1.165) is 95.5 Å². The van der Waals surface area contributed by atoms with Crippen LogP contribution >= 0.6 is 0 Å². The van der Waals surface area contributed by atoms with Crippen molar-refractivity contribution < 1.29 is 18.5 Å². The molecule has 0 aliphatic carbocycles. The third-order valence-electron chi connectivity index (χ3n) is 11.9. The predicted octanol–water partition coefficient (Wildman–Crippen LogP) is 14.3. The van der Waals surface area contributed by atoms with E-state index in [9.17, 15) is 0 Å². The molecule has 2 aliphatic rings. The molecule has 0 saturated heterocycles. The topological polar surface area (TPSA) is 44.1 Å². The van der Waals surface area contributed by atoms with E-state index in [-0.39, 0.29) is 6.92 Å². The normalized spacial score (nSPS) is 12.6. The highest BCUT2D eigenvalue weighted by Crippen LogP contribution is 2.53. The lowest BCUT2D eigenvalue weighted by Gasteiger charge is -2.31. The van der Waals surface area contributed by atoms with Crippen molar-refractivity contribution in [1.29, 1.82) is 0 Å². The number of furan rings is 1. The zero-order chi connectivity index (χ0) is 40.3. The molecule has 0 amide bonds. The summed E-state index contributed by atoms with van der Waals surface area (Å²) in [5, 5.41) is 2.22. The highest BCUT2D eigenvalue weighted by atomic mass is 16.6. The van der Waals surface area contributed by atoms with Crippen LogP contribution in [0.2, 0.25) is 0 Å². The highest BCUT2D eigenvalue weighted by molar-refractivity contribution is 6.68. The van der Waals surface area contributed by atoms with E-state index in [1.807, 2.05) is 48.5 Å². The van der Waals surface area contributed by atoms with Crippen LogP contribution in [-0.4, -0.2) is 6.92 Å². The van der Waals surface area contributed by atoms with E-state index in [4.69, 9.17) is 18.5 Å². The largest absolute Gasteiger partial charge is 0.555 e. The fraction of sp³-hybridized carbons (Fsp3) is 0.0182. The molecular formula is C55H36BNO4. The molecule has 0 saturated carbocycles. The number of hydrogen-bond donors (Lipinski definition) is 0. The van der Waals surface area contributed by atoms with Crippen LogP contribution in [0, 0.1) is 0 Å². The van der Waals surface area contributed by atoms with Crippen LogP contribution in [-0.2, 0) is 6.32 Å². The zero-order valence-electron chi connectivity index (χ0n) is 33.0. The Hall–Kier alpha value is -7.96. The smallest absolute Gasteiger partial charge is 0.396 e. The quantitative estimate of drug-likeness (QED) is 0.151. The van der Waals surface area contributed by atoms with Crippen molar-refractivity contribution in [3.8, 4) is 62.1 Å². The van der Waals surface area contributed by atoms with E-state index in [0.29, 0.717) is 23.0 Å². The molecule has 0 fully saturated rings. The Bertz CT molecular complexity index is 3270. The van der Waals surface area contributed by atoms with Gasteiger partial charge in [0.15, 0.2) is 23.0 Å². The number of anilines is 3. The van der Waals surface area contributed by atoms with Crippen LogP contribution in [0.5, 0.6) is 28.7 Å². The lowest BCUT2D eigenvalue weighted by Crippen LogP contribution is -2.35. The van der Waals surface area contributed by atoms with Crippen LogP contribution in [0.3, 0.4) is 0 Å². The van der Waals surface area contributed by atoms with Gasteiger partial charge in [0.05, 0.1) is 5.69 Å². The first kappa shape index (κ1) is 35.0. The summed E-state index contributed by atoms with van der Waals surface area (Å²) >= 11 is 0. The Morgan fingerprint density at radius 3 is 1.84 bits per heavy atom. The second kappa shape index (κ2) is 14.4.